The average molecular weight is 169 g/mol. The summed E-state index contributed by atoms with van der Waals surface area (Å²) in [6, 6.07) is 0. The Morgan fingerprint density at radius 2 is 1.67 bits per heavy atom. The fourth-order valence-electron chi connectivity index (χ4n) is 1.24. The number of hydrogen-bond donors (Lipinski definition) is 1. The molecule has 0 aromatic carbocycles. The van der Waals surface area contributed by atoms with Gasteiger partial charge in [0.2, 0.25) is 0 Å². The zero-order valence-electron chi connectivity index (χ0n) is 9.41. The molecule has 0 aromatic rings. The van der Waals surface area contributed by atoms with E-state index in [9.17, 15) is 0 Å². The fraction of sp³-hybridized carbons (Fsp3) is 0.818. The molecule has 0 aliphatic rings. The SMILES string of the molecule is C=C(C)C(C)(C)C(C)(C)CNC. The first kappa shape index (κ1) is 11.7. The van der Waals surface area contributed by atoms with E-state index in [4.69, 9.17) is 0 Å². The van der Waals surface area contributed by atoms with E-state index in [1.54, 1.807) is 0 Å². The molecule has 0 rings (SSSR count). The lowest BCUT2D eigenvalue weighted by molar-refractivity contribution is 0.152. The molecular formula is C11H23N. The molecule has 1 nitrogen and oxygen atoms in total. The van der Waals surface area contributed by atoms with Crippen molar-refractivity contribution < 1.29 is 0 Å². The Balaban J connectivity index is 4.62. The summed E-state index contributed by atoms with van der Waals surface area (Å²) in [5, 5.41) is 3.23. The summed E-state index contributed by atoms with van der Waals surface area (Å²) in [6.45, 7) is 16.2. The summed E-state index contributed by atoms with van der Waals surface area (Å²) < 4.78 is 0. The van der Waals surface area contributed by atoms with Crippen LogP contribution in [0.2, 0.25) is 0 Å². The number of rotatable bonds is 4. The molecule has 1 N–H and O–H groups in total. The molecule has 0 fully saturated rings. The molecule has 1 heteroatoms. The zero-order valence-corrected chi connectivity index (χ0v) is 9.41. The van der Waals surface area contributed by atoms with Gasteiger partial charge in [-0.1, -0.05) is 39.8 Å². The van der Waals surface area contributed by atoms with Crippen LogP contribution in [0.15, 0.2) is 12.2 Å². The Morgan fingerprint density at radius 1 is 1.25 bits per heavy atom. The van der Waals surface area contributed by atoms with Crippen molar-refractivity contribution in [3.05, 3.63) is 12.2 Å². The lowest BCUT2D eigenvalue weighted by Crippen LogP contribution is -2.40. The summed E-state index contributed by atoms with van der Waals surface area (Å²) in [5.41, 5.74) is 1.70. The van der Waals surface area contributed by atoms with Crippen LogP contribution in [0.3, 0.4) is 0 Å². The van der Waals surface area contributed by atoms with Crippen molar-refractivity contribution in [3.63, 3.8) is 0 Å². The maximum Gasteiger partial charge on any atom is 0.000772 e. The molecule has 0 bridgehead atoms. The maximum atomic E-state index is 4.05. The highest BCUT2D eigenvalue weighted by Gasteiger charge is 2.36. The third-order valence-corrected chi connectivity index (χ3v) is 3.38. The lowest BCUT2D eigenvalue weighted by Gasteiger charge is -2.42. The van der Waals surface area contributed by atoms with Gasteiger partial charge >= 0.3 is 0 Å². The van der Waals surface area contributed by atoms with Gasteiger partial charge < -0.3 is 5.32 Å². The molecule has 0 atom stereocenters. The molecule has 0 heterocycles. The summed E-state index contributed by atoms with van der Waals surface area (Å²) in [5.74, 6) is 0. The van der Waals surface area contributed by atoms with Crippen LogP contribution < -0.4 is 5.32 Å². The van der Waals surface area contributed by atoms with Gasteiger partial charge in [-0.05, 0) is 24.8 Å². The summed E-state index contributed by atoms with van der Waals surface area (Å²) in [7, 11) is 2.00. The Labute approximate surface area is 77.2 Å². The van der Waals surface area contributed by atoms with Crippen molar-refractivity contribution >= 4 is 0 Å². The van der Waals surface area contributed by atoms with Crippen LogP contribution in [0.5, 0.6) is 0 Å². The normalized spacial score (nSPS) is 13.2. The molecule has 0 saturated heterocycles. The third kappa shape index (κ3) is 2.10. The zero-order chi connectivity index (χ0) is 9.99. The van der Waals surface area contributed by atoms with Crippen LogP contribution >= 0.6 is 0 Å². The van der Waals surface area contributed by atoms with Crippen LogP contribution in [0.4, 0.5) is 0 Å². The van der Waals surface area contributed by atoms with Crippen LogP contribution in [0.25, 0.3) is 0 Å². The van der Waals surface area contributed by atoms with Gasteiger partial charge in [0.25, 0.3) is 0 Å². The van der Waals surface area contributed by atoms with E-state index in [0.29, 0.717) is 0 Å². The highest BCUT2D eigenvalue weighted by atomic mass is 14.8. The maximum absolute atomic E-state index is 4.05. The van der Waals surface area contributed by atoms with Crippen molar-refractivity contribution in [1.29, 1.82) is 0 Å². The minimum Gasteiger partial charge on any atom is -0.319 e. The first-order valence-corrected chi connectivity index (χ1v) is 4.56. The predicted octanol–water partition coefficient (Wildman–Crippen LogP) is 2.83. The van der Waals surface area contributed by atoms with Gasteiger partial charge in [-0.2, -0.15) is 0 Å². The van der Waals surface area contributed by atoms with Crippen LogP contribution in [0.1, 0.15) is 34.6 Å². The largest absolute Gasteiger partial charge is 0.319 e. The van der Waals surface area contributed by atoms with E-state index in [0.717, 1.165) is 6.54 Å². The highest BCUT2D eigenvalue weighted by Crippen LogP contribution is 2.42. The van der Waals surface area contributed by atoms with Crippen LogP contribution in [-0.2, 0) is 0 Å². The Morgan fingerprint density at radius 3 is 1.92 bits per heavy atom. The number of hydrogen-bond acceptors (Lipinski definition) is 1. The van der Waals surface area contributed by atoms with Gasteiger partial charge in [-0.15, -0.1) is 0 Å². The van der Waals surface area contributed by atoms with Gasteiger partial charge in [0.05, 0.1) is 0 Å². The summed E-state index contributed by atoms with van der Waals surface area (Å²) in [6.07, 6.45) is 0. The van der Waals surface area contributed by atoms with E-state index in [2.05, 4.69) is 46.5 Å². The molecule has 0 aliphatic carbocycles. The molecule has 72 valence electrons. The smallest absolute Gasteiger partial charge is 0.000772 e. The predicted molar refractivity (Wildman–Crippen MR) is 56.3 cm³/mol. The van der Waals surface area contributed by atoms with Crippen molar-refractivity contribution in [1.82, 2.24) is 5.32 Å². The van der Waals surface area contributed by atoms with Crippen molar-refractivity contribution in [2.45, 2.75) is 34.6 Å². The van der Waals surface area contributed by atoms with E-state index < -0.39 is 0 Å². The second-order valence-corrected chi connectivity index (χ2v) is 4.82. The van der Waals surface area contributed by atoms with Crippen molar-refractivity contribution in [2.75, 3.05) is 13.6 Å². The minimum atomic E-state index is 0.190. The molecule has 0 aliphatic heterocycles. The third-order valence-electron chi connectivity index (χ3n) is 3.38. The Hall–Kier alpha value is -0.300. The van der Waals surface area contributed by atoms with Crippen molar-refractivity contribution in [2.24, 2.45) is 10.8 Å². The monoisotopic (exact) mass is 169 g/mol. The van der Waals surface area contributed by atoms with Crippen LogP contribution in [-0.4, -0.2) is 13.6 Å². The molecule has 0 unspecified atom stereocenters. The first-order chi connectivity index (χ1) is 5.25. The van der Waals surface area contributed by atoms with Crippen molar-refractivity contribution in [3.8, 4) is 0 Å². The molecule has 0 radical (unpaired) electrons. The molecule has 0 aromatic heterocycles. The second kappa shape index (κ2) is 3.61. The molecule has 12 heavy (non-hydrogen) atoms. The van der Waals surface area contributed by atoms with Gasteiger partial charge in [-0.3, -0.25) is 0 Å². The molecular weight excluding hydrogens is 146 g/mol. The van der Waals surface area contributed by atoms with Gasteiger partial charge in [0, 0.05) is 6.54 Å². The van der Waals surface area contributed by atoms with Gasteiger partial charge in [0.1, 0.15) is 0 Å². The Bertz CT molecular complexity index is 166. The standard InChI is InChI=1S/C11H23N/c1-9(2)11(5,6)10(3,4)8-12-7/h12H,1,8H2,2-7H3. The van der Waals surface area contributed by atoms with E-state index in [-0.39, 0.29) is 10.8 Å². The molecule has 0 saturated carbocycles. The first-order valence-electron chi connectivity index (χ1n) is 4.56. The lowest BCUT2D eigenvalue weighted by atomic mass is 9.64. The van der Waals surface area contributed by atoms with E-state index in [1.807, 2.05) is 7.05 Å². The summed E-state index contributed by atoms with van der Waals surface area (Å²) in [4.78, 5) is 0. The van der Waals surface area contributed by atoms with E-state index in [1.165, 1.54) is 5.57 Å². The Kier molecular flexibility index (Phi) is 3.52. The van der Waals surface area contributed by atoms with Gasteiger partial charge in [0.15, 0.2) is 0 Å². The summed E-state index contributed by atoms with van der Waals surface area (Å²) >= 11 is 0. The second-order valence-electron chi connectivity index (χ2n) is 4.82. The average Bonchev–Trinajstić information content (AvgIpc) is 1.86. The highest BCUT2D eigenvalue weighted by molar-refractivity contribution is 5.09. The molecule has 0 spiro atoms. The van der Waals surface area contributed by atoms with Gasteiger partial charge in [-0.25, -0.2) is 0 Å². The molecule has 0 amide bonds. The topological polar surface area (TPSA) is 12.0 Å². The van der Waals surface area contributed by atoms with Crippen LogP contribution in [0, 0.1) is 10.8 Å². The quantitative estimate of drug-likeness (QED) is 0.638. The number of allylic oxidation sites excluding steroid dienone is 1. The fourth-order valence-corrected chi connectivity index (χ4v) is 1.24. The number of nitrogens with one attached hydrogen (secondary N) is 1. The minimum absolute atomic E-state index is 0.190. The van der Waals surface area contributed by atoms with E-state index >= 15 is 0 Å².